The van der Waals surface area contributed by atoms with E-state index in [1.807, 2.05) is 43.3 Å². The standard InChI is InChI=1S/C44H55N9O14S/c1-44(60,42(59)46-19-18-45-34-8-4-7-33-32(34)6-5-9-36(33)68(61,62)63)43(67-41-39(57)38(56)37(55)35(26-54)66-41)65-23-22-64-21-20-53-25-30(50-51-53)24-47-40(58)27-10-12-28(13-11-27)48-49-29-14-16-31(17-15-29)52(2)3/h4-17,25,35,37-39,41,43,45,54-57,60H,18-24,26H2,1-3H3,(H,46,59)(H,47,58)(H,61,62,63)/b49-48+/t35-,37-,38+,39-,41+,43?,44?/m1/s1. The van der Waals surface area contributed by atoms with Crippen molar-refractivity contribution in [3.8, 4) is 0 Å². The Bertz CT molecular complexity index is 2600. The summed E-state index contributed by atoms with van der Waals surface area (Å²) in [5, 5.41) is 78.2. The molecule has 2 heterocycles. The number of rotatable bonds is 23. The maximum absolute atomic E-state index is 13.4. The molecular formula is C44H55N9O14S. The number of benzene rings is 4. The predicted molar refractivity (Wildman–Crippen MR) is 244 cm³/mol. The van der Waals surface area contributed by atoms with Crippen molar-refractivity contribution in [3.05, 3.63) is 102 Å². The van der Waals surface area contributed by atoms with Crippen molar-refractivity contribution in [1.29, 1.82) is 0 Å². The fourth-order valence-electron chi connectivity index (χ4n) is 6.84. The Hall–Kier alpha value is -6.03. The fourth-order valence-corrected chi connectivity index (χ4v) is 7.55. The van der Waals surface area contributed by atoms with Gasteiger partial charge in [0.15, 0.2) is 18.2 Å². The lowest BCUT2D eigenvalue weighted by molar-refractivity contribution is -0.355. The van der Waals surface area contributed by atoms with Crippen LogP contribution in [0.3, 0.4) is 0 Å². The summed E-state index contributed by atoms with van der Waals surface area (Å²) in [7, 11) is -0.598. The first kappa shape index (κ1) is 51.4. The van der Waals surface area contributed by atoms with Crippen LogP contribution in [0.25, 0.3) is 10.8 Å². The van der Waals surface area contributed by atoms with Crippen molar-refractivity contribution in [1.82, 2.24) is 25.6 Å². The van der Waals surface area contributed by atoms with E-state index in [1.165, 1.54) is 22.9 Å². The minimum atomic E-state index is -4.50. The van der Waals surface area contributed by atoms with E-state index in [9.17, 15) is 48.1 Å². The fraction of sp³-hybridized carbons (Fsp3) is 0.409. The van der Waals surface area contributed by atoms with E-state index in [0.29, 0.717) is 33.7 Å². The lowest BCUT2D eigenvalue weighted by Crippen LogP contribution is -2.62. The van der Waals surface area contributed by atoms with Crippen LogP contribution in [0.2, 0.25) is 0 Å². The quantitative estimate of drug-likeness (QED) is 0.0192. The average molecular weight is 966 g/mol. The van der Waals surface area contributed by atoms with Crippen LogP contribution in [-0.4, -0.2) is 162 Å². The molecule has 4 aromatic carbocycles. The van der Waals surface area contributed by atoms with Crippen LogP contribution in [0.15, 0.2) is 106 Å². The number of nitrogens with zero attached hydrogens (tertiary/aromatic N) is 6. The number of aliphatic hydroxyl groups is 5. The van der Waals surface area contributed by atoms with Crippen LogP contribution < -0.4 is 20.9 Å². The van der Waals surface area contributed by atoms with Crippen molar-refractivity contribution < 1.29 is 67.0 Å². The number of azo groups is 1. The molecule has 0 aliphatic carbocycles. The maximum atomic E-state index is 13.4. The smallest absolute Gasteiger partial charge is 0.295 e. The number of aliphatic hydroxyl groups excluding tert-OH is 4. The van der Waals surface area contributed by atoms with Crippen LogP contribution in [0.1, 0.15) is 23.0 Å². The molecule has 2 unspecified atom stereocenters. The van der Waals surface area contributed by atoms with Gasteiger partial charge in [-0.25, -0.2) is 4.68 Å². The first-order valence-corrected chi connectivity index (χ1v) is 22.8. The zero-order valence-electron chi connectivity index (χ0n) is 37.3. The number of carbonyl (C=O) groups excluding carboxylic acids is 2. The Kier molecular flexibility index (Phi) is 17.6. The van der Waals surface area contributed by atoms with Gasteiger partial charge in [0.1, 0.15) is 35.0 Å². The molecule has 0 spiro atoms. The molecule has 5 aromatic rings. The third-order valence-corrected chi connectivity index (χ3v) is 11.6. The number of nitrogens with one attached hydrogen (secondary N) is 3. The molecule has 0 saturated carbocycles. The second kappa shape index (κ2) is 23.3. The largest absolute Gasteiger partial charge is 0.394 e. The van der Waals surface area contributed by atoms with Gasteiger partial charge in [-0.2, -0.15) is 18.6 Å². The van der Waals surface area contributed by atoms with E-state index in [2.05, 4.69) is 36.5 Å². The van der Waals surface area contributed by atoms with E-state index in [0.717, 1.165) is 12.6 Å². The van der Waals surface area contributed by atoms with E-state index in [4.69, 9.17) is 18.9 Å². The van der Waals surface area contributed by atoms with Crippen LogP contribution in [-0.2, 0) is 46.9 Å². The molecule has 366 valence electrons. The van der Waals surface area contributed by atoms with Crippen molar-refractivity contribution in [2.24, 2.45) is 10.2 Å². The minimum Gasteiger partial charge on any atom is -0.394 e. The molecule has 1 saturated heterocycles. The summed E-state index contributed by atoms with van der Waals surface area (Å²) in [6.07, 6.45) is -8.78. The highest BCUT2D eigenvalue weighted by molar-refractivity contribution is 7.86. The number of ether oxygens (including phenoxy) is 4. The van der Waals surface area contributed by atoms with Crippen LogP contribution in [0.5, 0.6) is 0 Å². The predicted octanol–water partition coefficient (Wildman–Crippen LogP) is 1.24. The molecule has 68 heavy (non-hydrogen) atoms. The lowest BCUT2D eigenvalue weighted by atomic mass is 9.99. The molecule has 1 aliphatic rings. The van der Waals surface area contributed by atoms with Crippen molar-refractivity contribution in [2.75, 3.05) is 63.8 Å². The molecule has 0 radical (unpaired) electrons. The summed E-state index contributed by atoms with van der Waals surface area (Å²) < 4.78 is 57.5. The second-order valence-corrected chi connectivity index (χ2v) is 17.3. The highest BCUT2D eigenvalue weighted by atomic mass is 32.2. The first-order chi connectivity index (χ1) is 32.5. The number of amides is 2. The Labute approximate surface area is 391 Å². The summed E-state index contributed by atoms with van der Waals surface area (Å²) >= 11 is 0. The van der Waals surface area contributed by atoms with Gasteiger partial charge in [-0.3, -0.25) is 14.1 Å². The molecule has 1 fully saturated rings. The van der Waals surface area contributed by atoms with Crippen LogP contribution in [0.4, 0.5) is 22.7 Å². The number of aromatic nitrogens is 3. The normalized spacial score (nSPS) is 19.9. The van der Waals surface area contributed by atoms with E-state index < -0.39 is 65.2 Å². The van der Waals surface area contributed by atoms with E-state index >= 15 is 0 Å². The topological polar surface area (TPSA) is 321 Å². The Morgan fingerprint density at radius 3 is 2.24 bits per heavy atom. The van der Waals surface area contributed by atoms with Gasteiger partial charge in [0, 0.05) is 54.9 Å². The Morgan fingerprint density at radius 2 is 1.56 bits per heavy atom. The van der Waals surface area contributed by atoms with Crippen molar-refractivity contribution in [2.45, 2.75) is 67.5 Å². The molecule has 0 bridgehead atoms. The number of hydrogen-bond acceptors (Lipinski definition) is 19. The number of hydrogen-bond donors (Lipinski definition) is 9. The van der Waals surface area contributed by atoms with Gasteiger partial charge in [-0.1, -0.05) is 29.5 Å². The zero-order valence-corrected chi connectivity index (χ0v) is 38.1. The van der Waals surface area contributed by atoms with Crippen LogP contribution in [0, 0.1) is 0 Å². The second-order valence-electron chi connectivity index (χ2n) is 15.9. The van der Waals surface area contributed by atoms with E-state index in [-0.39, 0.29) is 62.2 Å². The third kappa shape index (κ3) is 13.4. The number of anilines is 2. The third-order valence-electron chi connectivity index (χ3n) is 10.7. The molecule has 7 atom stereocenters. The number of fused-ring (bicyclic) bond motifs is 1. The van der Waals surface area contributed by atoms with Crippen LogP contribution >= 0.6 is 0 Å². The van der Waals surface area contributed by atoms with Crippen molar-refractivity contribution in [3.63, 3.8) is 0 Å². The summed E-state index contributed by atoms with van der Waals surface area (Å²) in [5.74, 6) is -1.32. The van der Waals surface area contributed by atoms with Gasteiger partial charge in [0.05, 0.1) is 57.1 Å². The molecule has 1 aromatic heterocycles. The maximum Gasteiger partial charge on any atom is 0.295 e. The Balaban J connectivity index is 0.968. The summed E-state index contributed by atoms with van der Waals surface area (Å²) in [6, 6.07) is 23.4. The van der Waals surface area contributed by atoms with Gasteiger partial charge >= 0.3 is 0 Å². The van der Waals surface area contributed by atoms with Gasteiger partial charge in [-0.15, -0.1) is 5.10 Å². The van der Waals surface area contributed by atoms with Gasteiger partial charge in [-0.05, 0) is 67.6 Å². The van der Waals surface area contributed by atoms with Crippen molar-refractivity contribution >= 4 is 55.5 Å². The van der Waals surface area contributed by atoms with E-state index in [1.54, 1.807) is 48.7 Å². The molecule has 23 nitrogen and oxygen atoms in total. The highest BCUT2D eigenvalue weighted by Crippen LogP contribution is 2.30. The Morgan fingerprint density at radius 1 is 0.882 bits per heavy atom. The summed E-state index contributed by atoms with van der Waals surface area (Å²) in [5.41, 5.74) is 1.23. The highest BCUT2D eigenvalue weighted by Gasteiger charge is 2.49. The molecule has 24 heteroatoms. The summed E-state index contributed by atoms with van der Waals surface area (Å²) in [6.45, 7) is 0.412. The SMILES string of the molecule is CN(C)c1ccc(/N=N/c2ccc(C(=O)NCc3cn(CCOCCOC(O[C@@H]4O[C@H](CO)[C@@H](O)[C@H](O)[C@H]4O)C(C)(O)C(=O)NCCNc4cccc5c(S(=O)(=O)O)cccc45)nn3)cc2)cc1. The monoisotopic (exact) mass is 965 g/mol. The van der Waals surface area contributed by atoms with Gasteiger partial charge in [0.25, 0.3) is 21.9 Å². The number of carbonyl (C=O) groups is 2. The minimum absolute atomic E-state index is 0.0774. The zero-order chi connectivity index (χ0) is 49.0. The molecule has 1 aliphatic heterocycles. The molecule has 9 N–H and O–H groups in total. The van der Waals surface area contributed by atoms with Gasteiger partial charge in [0.2, 0.25) is 0 Å². The molecular weight excluding hydrogens is 911 g/mol. The molecule has 2 amide bonds. The summed E-state index contributed by atoms with van der Waals surface area (Å²) in [4.78, 5) is 28.0. The lowest BCUT2D eigenvalue weighted by Gasteiger charge is -2.42. The molecule has 6 rings (SSSR count). The first-order valence-electron chi connectivity index (χ1n) is 21.3. The van der Waals surface area contributed by atoms with Gasteiger partial charge < -0.3 is 65.3 Å². The average Bonchev–Trinajstić information content (AvgIpc) is 3.79.